The van der Waals surface area contributed by atoms with Gasteiger partial charge in [-0.3, -0.25) is 14.6 Å². The Labute approximate surface area is 220 Å². The van der Waals surface area contributed by atoms with E-state index in [0.29, 0.717) is 29.4 Å². The number of amides is 2. The van der Waals surface area contributed by atoms with Crippen LogP contribution in [0.5, 0.6) is 0 Å². The first-order valence-electron chi connectivity index (χ1n) is 12.0. The molecule has 3 N–H and O–H groups in total. The van der Waals surface area contributed by atoms with Gasteiger partial charge in [0.25, 0.3) is 11.8 Å². The summed E-state index contributed by atoms with van der Waals surface area (Å²) in [5.41, 5.74) is 3.38. The Morgan fingerprint density at radius 3 is 2.62 bits per heavy atom. The Bertz CT molecular complexity index is 1320. The van der Waals surface area contributed by atoms with E-state index in [0.717, 1.165) is 23.1 Å². The lowest BCUT2D eigenvalue weighted by Gasteiger charge is -2.29. The minimum Gasteiger partial charge on any atom is -0.380 e. The Morgan fingerprint density at radius 2 is 1.92 bits per heavy atom. The van der Waals surface area contributed by atoms with Crippen LogP contribution in [0.4, 0.5) is 5.69 Å². The van der Waals surface area contributed by atoms with Crippen molar-refractivity contribution in [1.82, 2.24) is 15.2 Å². The maximum Gasteiger partial charge on any atom is 0.255 e. The van der Waals surface area contributed by atoms with Gasteiger partial charge in [-0.05, 0) is 54.7 Å². The molecular formula is C28H27ClN4O4. The van der Waals surface area contributed by atoms with Crippen LogP contribution in [0.15, 0.2) is 66.9 Å². The molecule has 8 nitrogen and oxygen atoms in total. The number of aromatic nitrogens is 1. The molecule has 190 valence electrons. The maximum absolute atomic E-state index is 13.0. The minimum absolute atomic E-state index is 0.286. The van der Waals surface area contributed by atoms with Gasteiger partial charge in [-0.1, -0.05) is 54.1 Å². The molecule has 1 unspecified atom stereocenters. The van der Waals surface area contributed by atoms with E-state index in [-0.39, 0.29) is 6.04 Å². The summed E-state index contributed by atoms with van der Waals surface area (Å²) in [5.74, 6) is -1.59. The van der Waals surface area contributed by atoms with Crippen LogP contribution in [-0.4, -0.2) is 50.7 Å². The molecule has 0 aliphatic carbocycles. The average molecular weight is 519 g/mol. The Morgan fingerprint density at radius 1 is 1.14 bits per heavy atom. The predicted molar refractivity (Wildman–Crippen MR) is 140 cm³/mol. The van der Waals surface area contributed by atoms with Crippen molar-refractivity contribution in [3.8, 4) is 11.1 Å². The molecule has 1 aromatic heterocycles. The van der Waals surface area contributed by atoms with Crippen molar-refractivity contribution >= 4 is 29.1 Å². The van der Waals surface area contributed by atoms with Crippen LogP contribution in [0, 0.1) is 6.57 Å². The third-order valence-corrected chi connectivity index (χ3v) is 6.75. The molecule has 1 aliphatic rings. The largest absolute Gasteiger partial charge is 0.380 e. The number of nitrogens with zero attached hydrogens (tertiary/aromatic N) is 3. The van der Waals surface area contributed by atoms with Gasteiger partial charge in [0.2, 0.25) is 0 Å². The molecule has 4 rings (SSSR count). The van der Waals surface area contributed by atoms with Crippen molar-refractivity contribution in [3.63, 3.8) is 0 Å². The van der Waals surface area contributed by atoms with Crippen LogP contribution in [-0.2, 0) is 9.59 Å². The van der Waals surface area contributed by atoms with Crippen molar-refractivity contribution in [3.05, 3.63) is 94.6 Å². The second kappa shape index (κ2) is 11.5. The van der Waals surface area contributed by atoms with E-state index in [9.17, 15) is 19.8 Å². The fraction of sp³-hybridized carbons (Fsp3) is 0.286. The molecule has 2 aromatic carbocycles. The second-order valence-electron chi connectivity index (χ2n) is 8.97. The highest BCUT2D eigenvalue weighted by molar-refractivity contribution is 6.30. The normalized spacial score (nSPS) is 17.5. The van der Waals surface area contributed by atoms with E-state index < -0.39 is 30.1 Å². The third kappa shape index (κ3) is 5.81. The first-order chi connectivity index (χ1) is 17.8. The van der Waals surface area contributed by atoms with Gasteiger partial charge in [0, 0.05) is 17.8 Å². The summed E-state index contributed by atoms with van der Waals surface area (Å²) in [4.78, 5) is 35.1. The number of aliphatic hydroxyl groups excluding tert-OH is 2. The summed E-state index contributed by atoms with van der Waals surface area (Å²) in [6.45, 7) is 9.42. The average Bonchev–Trinajstić information content (AvgIpc) is 3.42. The highest BCUT2D eigenvalue weighted by Gasteiger charge is 2.38. The highest BCUT2D eigenvalue weighted by atomic mass is 35.5. The number of rotatable bonds is 7. The van der Waals surface area contributed by atoms with Crippen LogP contribution in [0.1, 0.15) is 43.1 Å². The van der Waals surface area contributed by atoms with Gasteiger partial charge in [0.1, 0.15) is 0 Å². The van der Waals surface area contributed by atoms with Crippen molar-refractivity contribution in [2.24, 2.45) is 0 Å². The second-order valence-corrected chi connectivity index (χ2v) is 9.40. The summed E-state index contributed by atoms with van der Waals surface area (Å²) in [6.07, 6.45) is -0.815. The number of aliphatic hydroxyl groups is 2. The van der Waals surface area contributed by atoms with Crippen molar-refractivity contribution in [2.45, 2.75) is 44.1 Å². The SMILES string of the molecule is [C-]#[N+]c1ccccc1-c1ccc(C(C)NC(=O)[C@H](O)[C@@H](O)C(=O)N2CCC[C@@H]2c2cccc(Cl)c2)nc1. The molecule has 1 saturated heterocycles. The van der Waals surface area contributed by atoms with Crippen molar-refractivity contribution in [2.75, 3.05) is 6.54 Å². The van der Waals surface area contributed by atoms with E-state index in [4.69, 9.17) is 18.2 Å². The van der Waals surface area contributed by atoms with Crippen LogP contribution in [0.2, 0.25) is 5.02 Å². The molecule has 4 atom stereocenters. The summed E-state index contributed by atoms with van der Waals surface area (Å²) in [7, 11) is 0. The molecule has 0 saturated carbocycles. The molecule has 2 amide bonds. The molecule has 1 fully saturated rings. The molecule has 0 radical (unpaired) electrons. The Hall–Kier alpha value is -3.77. The number of pyridine rings is 1. The maximum atomic E-state index is 13.0. The molecule has 37 heavy (non-hydrogen) atoms. The number of likely N-dealkylation sites (tertiary alicyclic amines) is 1. The number of carbonyl (C=O) groups is 2. The van der Waals surface area contributed by atoms with E-state index in [2.05, 4.69) is 15.1 Å². The van der Waals surface area contributed by atoms with E-state index in [1.807, 2.05) is 18.2 Å². The van der Waals surface area contributed by atoms with Gasteiger partial charge in [-0.25, -0.2) is 4.85 Å². The quantitative estimate of drug-likeness (QED) is 0.406. The van der Waals surface area contributed by atoms with Gasteiger partial charge < -0.3 is 20.4 Å². The van der Waals surface area contributed by atoms with E-state index in [1.54, 1.807) is 55.6 Å². The number of nitrogens with one attached hydrogen (secondary N) is 1. The number of benzene rings is 2. The third-order valence-electron chi connectivity index (χ3n) is 6.51. The van der Waals surface area contributed by atoms with Crippen molar-refractivity contribution < 1.29 is 19.8 Å². The van der Waals surface area contributed by atoms with Gasteiger partial charge in [0.05, 0.1) is 24.3 Å². The first kappa shape index (κ1) is 26.3. The molecular weight excluding hydrogens is 492 g/mol. The number of carbonyl (C=O) groups excluding carboxylic acids is 2. The lowest BCUT2D eigenvalue weighted by Crippen LogP contribution is -2.51. The molecule has 0 bridgehead atoms. The first-order valence-corrected chi connectivity index (χ1v) is 12.3. The topological polar surface area (TPSA) is 107 Å². The lowest BCUT2D eigenvalue weighted by molar-refractivity contribution is -0.154. The van der Waals surface area contributed by atoms with Gasteiger partial charge >= 0.3 is 0 Å². The summed E-state index contributed by atoms with van der Waals surface area (Å²) < 4.78 is 0. The smallest absolute Gasteiger partial charge is 0.255 e. The standard InChI is InChI=1S/C28H27ClN4O4/c1-17(22-13-12-19(16-31-22)21-9-3-4-10-23(21)30-2)32-27(36)25(34)26(35)28(37)33-14-6-11-24(33)18-7-5-8-20(29)15-18/h3-5,7-10,12-13,15-17,24-26,34-35H,6,11,14H2,1H3,(H,32,36)/t17?,24-,25-,26-/m1/s1. The van der Waals surface area contributed by atoms with Crippen molar-refractivity contribution in [1.29, 1.82) is 0 Å². The molecule has 9 heteroatoms. The molecule has 2 heterocycles. The van der Waals surface area contributed by atoms with E-state index >= 15 is 0 Å². The number of halogens is 1. The van der Waals surface area contributed by atoms with Crippen LogP contribution in [0.25, 0.3) is 16.0 Å². The van der Waals surface area contributed by atoms with Crippen LogP contribution in [0.3, 0.4) is 0 Å². The monoisotopic (exact) mass is 518 g/mol. The number of hydrogen-bond donors (Lipinski definition) is 3. The van der Waals surface area contributed by atoms with E-state index in [1.165, 1.54) is 4.90 Å². The van der Waals surface area contributed by atoms with Crippen LogP contribution < -0.4 is 5.32 Å². The van der Waals surface area contributed by atoms with Gasteiger partial charge in [-0.2, -0.15) is 0 Å². The fourth-order valence-corrected chi connectivity index (χ4v) is 4.75. The minimum atomic E-state index is -1.94. The Kier molecular flexibility index (Phi) is 8.19. The van der Waals surface area contributed by atoms with Gasteiger partial charge in [0.15, 0.2) is 17.9 Å². The summed E-state index contributed by atoms with van der Waals surface area (Å²) in [6, 6.07) is 17.0. The molecule has 1 aliphatic heterocycles. The number of hydrogen-bond acceptors (Lipinski definition) is 5. The lowest BCUT2D eigenvalue weighted by atomic mass is 10.0. The zero-order valence-corrected chi connectivity index (χ0v) is 21.0. The Balaban J connectivity index is 1.40. The predicted octanol–water partition coefficient (Wildman–Crippen LogP) is 4.22. The summed E-state index contributed by atoms with van der Waals surface area (Å²) in [5, 5.41) is 24.2. The summed E-state index contributed by atoms with van der Waals surface area (Å²) >= 11 is 6.09. The molecule has 0 spiro atoms. The zero-order valence-electron chi connectivity index (χ0n) is 20.2. The zero-order chi connectivity index (χ0) is 26.5. The molecule has 3 aromatic rings. The van der Waals surface area contributed by atoms with Gasteiger partial charge in [-0.15, -0.1) is 0 Å². The van der Waals surface area contributed by atoms with Crippen LogP contribution >= 0.6 is 11.6 Å². The fourth-order valence-electron chi connectivity index (χ4n) is 4.55. The highest BCUT2D eigenvalue weighted by Crippen LogP contribution is 2.34. The number of para-hydroxylation sites is 1.